The van der Waals surface area contributed by atoms with Crippen LogP contribution in [0.15, 0.2) is 30.5 Å². The Morgan fingerprint density at radius 1 is 1.24 bits per heavy atom. The second-order valence-electron chi connectivity index (χ2n) is 4.35. The van der Waals surface area contributed by atoms with Crippen molar-refractivity contribution in [1.82, 2.24) is 4.57 Å². The highest BCUT2D eigenvalue weighted by atomic mass is 16.5. The molecule has 3 nitrogen and oxygen atoms in total. The summed E-state index contributed by atoms with van der Waals surface area (Å²) in [6.45, 7) is 5.73. The van der Waals surface area contributed by atoms with Gasteiger partial charge in [0.1, 0.15) is 5.75 Å². The van der Waals surface area contributed by atoms with Crippen LogP contribution in [-0.2, 0) is 11.3 Å². The molecule has 0 radical (unpaired) electrons. The Morgan fingerprint density at radius 3 is 2.76 bits per heavy atom. The van der Waals surface area contributed by atoms with Gasteiger partial charge in [0, 0.05) is 23.6 Å². The number of nitrogens with zero attached hydrogens (tertiary/aromatic N) is 1. The van der Waals surface area contributed by atoms with E-state index in [2.05, 4.69) is 42.8 Å². The maximum atomic E-state index is 5.56. The zero-order valence-corrected chi connectivity index (χ0v) is 10.6. The summed E-state index contributed by atoms with van der Waals surface area (Å²) in [5.41, 5.74) is 1.22. The Kier molecular flexibility index (Phi) is 3.69. The molecule has 2 aromatic rings. The minimum Gasteiger partial charge on any atom is -0.497 e. The molecule has 0 bridgehead atoms. The molecule has 0 spiro atoms. The molecule has 0 atom stereocenters. The topological polar surface area (TPSA) is 23.4 Å². The minimum atomic E-state index is 0.289. The molecule has 0 aliphatic rings. The average Bonchev–Trinajstić information content (AvgIpc) is 2.71. The predicted octanol–water partition coefficient (Wildman–Crippen LogP) is 3.07. The number of hydrogen-bond donors (Lipinski definition) is 0. The van der Waals surface area contributed by atoms with Crippen molar-refractivity contribution >= 4 is 10.9 Å². The highest BCUT2D eigenvalue weighted by Gasteiger charge is 2.02. The van der Waals surface area contributed by atoms with Gasteiger partial charge in [0.15, 0.2) is 0 Å². The van der Waals surface area contributed by atoms with Gasteiger partial charge in [-0.15, -0.1) is 0 Å². The van der Waals surface area contributed by atoms with Crippen LogP contribution >= 0.6 is 0 Å². The summed E-state index contributed by atoms with van der Waals surface area (Å²) in [4.78, 5) is 0. The monoisotopic (exact) mass is 233 g/mol. The molecule has 0 saturated heterocycles. The van der Waals surface area contributed by atoms with Gasteiger partial charge in [-0.2, -0.15) is 0 Å². The molecule has 0 amide bonds. The van der Waals surface area contributed by atoms with Gasteiger partial charge in [-0.25, -0.2) is 0 Å². The smallest absolute Gasteiger partial charge is 0.119 e. The van der Waals surface area contributed by atoms with Crippen molar-refractivity contribution in [3.05, 3.63) is 30.5 Å². The maximum Gasteiger partial charge on any atom is 0.119 e. The molecular formula is C14H19NO2. The van der Waals surface area contributed by atoms with Crippen molar-refractivity contribution in [2.45, 2.75) is 26.5 Å². The van der Waals surface area contributed by atoms with Crippen LogP contribution in [0.3, 0.4) is 0 Å². The first kappa shape index (κ1) is 12.0. The Morgan fingerprint density at radius 2 is 2.06 bits per heavy atom. The fourth-order valence-corrected chi connectivity index (χ4v) is 1.89. The average molecular weight is 233 g/mol. The van der Waals surface area contributed by atoms with E-state index in [-0.39, 0.29) is 6.10 Å². The first-order valence-corrected chi connectivity index (χ1v) is 5.95. The highest BCUT2D eigenvalue weighted by Crippen LogP contribution is 2.21. The lowest BCUT2D eigenvalue weighted by Crippen LogP contribution is -2.09. The Labute approximate surface area is 102 Å². The first-order valence-electron chi connectivity index (χ1n) is 5.95. The molecule has 0 aliphatic heterocycles. The zero-order chi connectivity index (χ0) is 12.3. The molecule has 1 heterocycles. The molecule has 3 heteroatoms. The van der Waals surface area contributed by atoms with Gasteiger partial charge < -0.3 is 14.0 Å². The van der Waals surface area contributed by atoms with Crippen LogP contribution in [0.25, 0.3) is 10.9 Å². The van der Waals surface area contributed by atoms with Crippen LogP contribution in [0, 0.1) is 0 Å². The zero-order valence-electron chi connectivity index (χ0n) is 10.6. The van der Waals surface area contributed by atoms with E-state index >= 15 is 0 Å². The molecule has 92 valence electrons. The maximum absolute atomic E-state index is 5.56. The summed E-state index contributed by atoms with van der Waals surface area (Å²) in [7, 11) is 1.69. The summed E-state index contributed by atoms with van der Waals surface area (Å²) in [5.74, 6) is 0.897. The number of aromatic nitrogens is 1. The first-order chi connectivity index (χ1) is 8.20. The summed E-state index contributed by atoms with van der Waals surface area (Å²) < 4.78 is 13.0. The van der Waals surface area contributed by atoms with Crippen molar-refractivity contribution < 1.29 is 9.47 Å². The van der Waals surface area contributed by atoms with Crippen LogP contribution in [0.4, 0.5) is 0 Å². The van der Waals surface area contributed by atoms with E-state index in [9.17, 15) is 0 Å². The fourth-order valence-electron chi connectivity index (χ4n) is 1.89. The van der Waals surface area contributed by atoms with E-state index in [1.54, 1.807) is 7.11 Å². The third-order valence-corrected chi connectivity index (χ3v) is 2.76. The van der Waals surface area contributed by atoms with Crippen LogP contribution in [0.1, 0.15) is 13.8 Å². The third kappa shape index (κ3) is 2.80. The standard InChI is InChI=1S/C14H19NO2/c1-11(2)17-9-8-15-7-6-12-10-13(16-3)4-5-14(12)15/h4-7,10-11H,8-9H2,1-3H3. The van der Waals surface area contributed by atoms with Gasteiger partial charge in [-0.05, 0) is 38.1 Å². The predicted molar refractivity (Wildman–Crippen MR) is 69.6 cm³/mol. The molecular weight excluding hydrogens is 214 g/mol. The number of rotatable bonds is 5. The lowest BCUT2D eigenvalue weighted by molar-refractivity contribution is 0.0733. The second-order valence-corrected chi connectivity index (χ2v) is 4.35. The van der Waals surface area contributed by atoms with E-state index in [1.165, 1.54) is 10.9 Å². The third-order valence-electron chi connectivity index (χ3n) is 2.76. The molecule has 0 N–H and O–H groups in total. The van der Waals surface area contributed by atoms with Crippen molar-refractivity contribution in [2.75, 3.05) is 13.7 Å². The molecule has 0 fully saturated rings. The normalized spacial score (nSPS) is 11.3. The lowest BCUT2D eigenvalue weighted by atomic mass is 10.2. The van der Waals surface area contributed by atoms with Crippen LogP contribution in [-0.4, -0.2) is 24.4 Å². The number of methoxy groups -OCH3 is 1. The van der Waals surface area contributed by atoms with Gasteiger partial charge in [0.05, 0.1) is 19.8 Å². The van der Waals surface area contributed by atoms with Gasteiger partial charge in [-0.1, -0.05) is 0 Å². The van der Waals surface area contributed by atoms with Crippen molar-refractivity contribution in [3.8, 4) is 5.75 Å². The highest BCUT2D eigenvalue weighted by molar-refractivity contribution is 5.81. The van der Waals surface area contributed by atoms with E-state index in [0.717, 1.165) is 18.9 Å². The number of hydrogen-bond acceptors (Lipinski definition) is 2. The Hall–Kier alpha value is -1.48. The summed E-state index contributed by atoms with van der Waals surface area (Å²) in [5, 5.41) is 1.20. The Balaban J connectivity index is 2.13. The summed E-state index contributed by atoms with van der Waals surface area (Å²) in [6.07, 6.45) is 2.38. The van der Waals surface area contributed by atoms with E-state index in [1.807, 2.05) is 6.07 Å². The van der Waals surface area contributed by atoms with E-state index in [0.29, 0.717) is 0 Å². The quantitative estimate of drug-likeness (QED) is 0.792. The van der Waals surface area contributed by atoms with Gasteiger partial charge in [0.2, 0.25) is 0 Å². The number of fused-ring (bicyclic) bond motifs is 1. The second kappa shape index (κ2) is 5.23. The molecule has 0 saturated carbocycles. The molecule has 0 aliphatic carbocycles. The van der Waals surface area contributed by atoms with Gasteiger partial charge >= 0.3 is 0 Å². The van der Waals surface area contributed by atoms with Crippen LogP contribution < -0.4 is 4.74 Å². The van der Waals surface area contributed by atoms with Crippen molar-refractivity contribution in [3.63, 3.8) is 0 Å². The molecule has 1 aromatic heterocycles. The largest absolute Gasteiger partial charge is 0.497 e. The molecule has 0 unspecified atom stereocenters. The fraction of sp³-hybridized carbons (Fsp3) is 0.429. The van der Waals surface area contributed by atoms with Gasteiger partial charge in [-0.3, -0.25) is 0 Å². The Bertz CT molecular complexity index is 488. The van der Waals surface area contributed by atoms with Crippen molar-refractivity contribution in [1.29, 1.82) is 0 Å². The molecule has 17 heavy (non-hydrogen) atoms. The van der Waals surface area contributed by atoms with Crippen LogP contribution in [0.5, 0.6) is 5.75 Å². The SMILES string of the molecule is COc1ccc2c(ccn2CCOC(C)C)c1. The van der Waals surface area contributed by atoms with Gasteiger partial charge in [0.25, 0.3) is 0 Å². The minimum absolute atomic E-state index is 0.289. The van der Waals surface area contributed by atoms with Crippen molar-refractivity contribution in [2.24, 2.45) is 0 Å². The molecule has 2 rings (SSSR count). The van der Waals surface area contributed by atoms with E-state index < -0.39 is 0 Å². The number of ether oxygens (including phenoxy) is 2. The summed E-state index contributed by atoms with van der Waals surface area (Å²) >= 11 is 0. The van der Waals surface area contributed by atoms with E-state index in [4.69, 9.17) is 9.47 Å². The summed E-state index contributed by atoms with van der Waals surface area (Å²) in [6, 6.07) is 8.23. The lowest BCUT2D eigenvalue weighted by Gasteiger charge is -2.09. The number of benzene rings is 1. The van der Waals surface area contributed by atoms with Crippen LogP contribution in [0.2, 0.25) is 0 Å². The molecule has 1 aromatic carbocycles.